The Hall–Kier alpha value is -2.08. The van der Waals surface area contributed by atoms with Crippen LogP contribution in [0.5, 0.6) is 0 Å². The molecular formula is C13H16N2O4. The molecule has 2 unspecified atom stereocenters. The Bertz CT molecular complexity index is 503. The number of nitrogens with zero attached hydrogens (tertiary/aromatic N) is 1. The van der Waals surface area contributed by atoms with Crippen molar-refractivity contribution < 1.29 is 19.8 Å². The summed E-state index contributed by atoms with van der Waals surface area (Å²) in [7, 11) is 0. The van der Waals surface area contributed by atoms with E-state index >= 15 is 0 Å². The zero-order valence-electron chi connectivity index (χ0n) is 10.5. The fourth-order valence-electron chi connectivity index (χ4n) is 2.35. The largest absolute Gasteiger partial charge is 0.465 e. The van der Waals surface area contributed by atoms with Crippen LogP contribution in [0.2, 0.25) is 0 Å². The highest BCUT2D eigenvalue weighted by Gasteiger charge is 2.37. The number of hydrogen-bond acceptors (Lipinski definition) is 3. The van der Waals surface area contributed by atoms with Crippen molar-refractivity contribution in [2.24, 2.45) is 0 Å². The molecule has 6 nitrogen and oxygen atoms in total. The topological polar surface area (TPSA) is 89.9 Å². The van der Waals surface area contributed by atoms with Crippen molar-refractivity contribution in [1.82, 2.24) is 5.32 Å². The van der Waals surface area contributed by atoms with Crippen molar-refractivity contribution in [3.05, 3.63) is 29.8 Å². The van der Waals surface area contributed by atoms with E-state index in [1.165, 1.54) is 11.8 Å². The van der Waals surface area contributed by atoms with E-state index in [2.05, 4.69) is 5.32 Å². The third-order valence-corrected chi connectivity index (χ3v) is 3.22. The van der Waals surface area contributed by atoms with Gasteiger partial charge in [0.1, 0.15) is 0 Å². The second kappa shape index (κ2) is 5.27. The number of benzene rings is 1. The number of aliphatic hydroxyl groups excluding tert-OH is 1. The van der Waals surface area contributed by atoms with Gasteiger partial charge in [0.2, 0.25) is 5.91 Å². The first-order chi connectivity index (χ1) is 9.00. The Morgan fingerprint density at radius 2 is 2.16 bits per heavy atom. The van der Waals surface area contributed by atoms with Crippen molar-refractivity contribution in [2.45, 2.75) is 25.5 Å². The van der Waals surface area contributed by atoms with Crippen molar-refractivity contribution in [3.8, 4) is 0 Å². The minimum atomic E-state index is -1.10. The van der Waals surface area contributed by atoms with Gasteiger partial charge in [0, 0.05) is 13.5 Å². The number of anilines is 1. The van der Waals surface area contributed by atoms with Crippen LogP contribution in [-0.4, -0.2) is 40.9 Å². The molecule has 1 aromatic carbocycles. The van der Waals surface area contributed by atoms with E-state index in [0.717, 1.165) is 5.56 Å². The Morgan fingerprint density at radius 1 is 1.47 bits per heavy atom. The summed E-state index contributed by atoms with van der Waals surface area (Å²) in [4.78, 5) is 23.4. The predicted molar refractivity (Wildman–Crippen MR) is 69.1 cm³/mol. The van der Waals surface area contributed by atoms with Crippen LogP contribution in [0.25, 0.3) is 0 Å². The first-order valence-corrected chi connectivity index (χ1v) is 6.03. The molecule has 1 aromatic rings. The fourth-order valence-corrected chi connectivity index (χ4v) is 2.35. The molecule has 2 rings (SSSR count). The lowest BCUT2D eigenvalue weighted by Crippen LogP contribution is -2.48. The molecule has 6 heteroatoms. The Kier molecular flexibility index (Phi) is 3.71. The molecule has 1 aliphatic rings. The van der Waals surface area contributed by atoms with Crippen molar-refractivity contribution >= 4 is 17.7 Å². The molecule has 0 aromatic heterocycles. The summed E-state index contributed by atoms with van der Waals surface area (Å²) in [5.41, 5.74) is 1.48. The van der Waals surface area contributed by atoms with Gasteiger partial charge in [-0.15, -0.1) is 0 Å². The van der Waals surface area contributed by atoms with Crippen LogP contribution in [0.4, 0.5) is 10.5 Å². The monoisotopic (exact) mass is 264 g/mol. The summed E-state index contributed by atoms with van der Waals surface area (Å²) in [6.45, 7) is 1.39. The molecule has 0 spiro atoms. The summed E-state index contributed by atoms with van der Waals surface area (Å²) in [5, 5.41) is 21.9. The average molecular weight is 264 g/mol. The molecule has 3 N–H and O–H groups in total. The maximum absolute atomic E-state index is 11.3. The highest BCUT2D eigenvalue weighted by molar-refractivity contribution is 5.90. The molecule has 0 aliphatic carbocycles. The lowest BCUT2D eigenvalue weighted by atomic mass is 10.1. The SMILES string of the molecule is CC(=O)NCC(O)C1Cc2ccccc2N1C(=O)O. The minimum Gasteiger partial charge on any atom is -0.465 e. The van der Waals surface area contributed by atoms with Gasteiger partial charge in [-0.1, -0.05) is 18.2 Å². The summed E-state index contributed by atoms with van der Waals surface area (Å²) >= 11 is 0. The highest BCUT2D eigenvalue weighted by atomic mass is 16.4. The van der Waals surface area contributed by atoms with Crippen molar-refractivity contribution in [2.75, 3.05) is 11.4 Å². The van der Waals surface area contributed by atoms with E-state index < -0.39 is 18.2 Å². The molecule has 19 heavy (non-hydrogen) atoms. The van der Waals surface area contributed by atoms with E-state index in [1.807, 2.05) is 12.1 Å². The van der Waals surface area contributed by atoms with Crippen LogP contribution < -0.4 is 10.2 Å². The van der Waals surface area contributed by atoms with Gasteiger partial charge in [0.25, 0.3) is 0 Å². The standard InChI is InChI=1S/C13H16N2O4/c1-8(16)14-7-12(17)11-6-9-4-2-3-5-10(9)15(11)13(18)19/h2-5,11-12,17H,6-7H2,1H3,(H,14,16)(H,18,19). The van der Waals surface area contributed by atoms with Gasteiger partial charge in [0.15, 0.2) is 0 Å². The number of carbonyl (C=O) groups is 2. The molecule has 0 saturated carbocycles. The quantitative estimate of drug-likeness (QED) is 0.745. The first-order valence-electron chi connectivity index (χ1n) is 6.03. The predicted octanol–water partition coefficient (Wildman–Crippen LogP) is 0.593. The zero-order valence-corrected chi connectivity index (χ0v) is 10.5. The van der Waals surface area contributed by atoms with E-state index in [-0.39, 0.29) is 12.5 Å². The number of aliphatic hydroxyl groups is 1. The molecule has 1 heterocycles. The lowest BCUT2D eigenvalue weighted by Gasteiger charge is -2.26. The van der Waals surface area contributed by atoms with Crippen molar-refractivity contribution in [3.63, 3.8) is 0 Å². The number of nitrogens with one attached hydrogen (secondary N) is 1. The maximum atomic E-state index is 11.3. The Morgan fingerprint density at radius 3 is 2.79 bits per heavy atom. The molecule has 0 radical (unpaired) electrons. The molecule has 1 aliphatic heterocycles. The first kappa shape index (κ1) is 13.4. The summed E-state index contributed by atoms with van der Waals surface area (Å²) in [6.07, 6.45) is -1.59. The number of carboxylic acid groups (broad SMARTS) is 1. The highest BCUT2D eigenvalue weighted by Crippen LogP contribution is 2.33. The molecule has 0 fully saturated rings. The number of rotatable bonds is 3. The fraction of sp³-hybridized carbons (Fsp3) is 0.385. The molecular weight excluding hydrogens is 248 g/mol. The smallest absolute Gasteiger partial charge is 0.412 e. The van der Waals surface area contributed by atoms with Gasteiger partial charge >= 0.3 is 6.09 Å². The maximum Gasteiger partial charge on any atom is 0.412 e. The zero-order chi connectivity index (χ0) is 14.0. The summed E-state index contributed by atoms with van der Waals surface area (Å²) < 4.78 is 0. The van der Waals surface area contributed by atoms with E-state index in [9.17, 15) is 19.8 Å². The summed E-state index contributed by atoms with van der Waals surface area (Å²) in [6, 6.07) is 6.59. The van der Waals surface area contributed by atoms with Gasteiger partial charge in [-0.25, -0.2) is 4.79 Å². The van der Waals surface area contributed by atoms with Crippen LogP contribution in [-0.2, 0) is 11.2 Å². The van der Waals surface area contributed by atoms with Crippen LogP contribution in [0.15, 0.2) is 24.3 Å². The minimum absolute atomic E-state index is 0.0395. The van der Waals surface area contributed by atoms with Crippen LogP contribution in [0, 0.1) is 0 Å². The number of amides is 2. The van der Waals surface area contributed by atoms with Gasteiger partial charge in [-0.2, -0.15) is 0 Å². The van der Waals surface area contributed by atoms with Gasteiger partial charge in [-0.05, 0) is 18.1 Å². The van der Waals surface area contributed by atoms with E-state index in [1.54, 1.807) is 12.1 Å². The van der Waals surface area contributed by atoms with Crippen LogP contribution >= 0.6 is 0 Å². The van der Waals surface area contributed by atoms with Gasteiger partial charge in [-0.3, -0.25) is 9.69 Å². The molecule has 102 valence electrons. The number of fused-ring (bicyclic) bond motifs is 1. The molecule has 2 amide bonds. The van der Waals surface area contributed by atoms with E-state index in [4.69, 9.17) is 0 Å². The Balaban J connectivity index is 2.18. The second-order valence-electron chi connectivity index (χ2n) is 4.56. The van der Waals surface area contributed by atoms with Crippen molar-refractivity contribution in [1.29, 1.82) is 0 Å². The van der Waals surface area contributed by atoms with Gasteiger partial charge < -0.3 is 15.5 Å². The number of para-hydroxylation sites is 1. The third-order valence-electron chi connectivity index (χ3n) is 3.22. The average Bonchev–Trinajstić information content (AvgIpc) is 2.75. The molecule has 0 saturated heterocycles. The molecule has 0 bridgehead atoms. The normalized spacial score (nSPS) is 18.8. The van der Waals surface area contributed by atoms with E-state index in [0.29, 0.717) is 12.1 Å². The number of carbonyl (C=O) groups excluding carboxylic acids is 1. The lowest BCUT2D eigenvalue weighted by molar-refractivity contribution is -0.119. The van der Waals surface area contributed by atoms with Gasteiger partial charge in [0.05, 0.1) is 17.8 Å². The van der Waals surface area contributed by atoms with Crippen LogP contribution in [0.1, 0.15) is 12.5 Å². The van der Waals surface area contributed by atoms with Crippen LogP contribution in [0.3, 0.4) is 0 Å². The second-order valence-corrected chi connectivity index (χ2v) is 4.56. The molecule has 2 atom stereocenters. The third kappa shape index (κ3) is 2.68. The Labute approximate surface area is 110 Å². The number of hydrogen-bond donors (Lipinski definition) is 3. The summed E-state index contributed by atoms with van der Waals surface area (Å²) in [5.74, 6) is -0.253.